The molecule has 1 aromatic heterocycles. The van der Waals surface area contributed by atoms with Crippen molar-refractivity contribution in [2.24, 2.45) is 11.8 Å². The Morgan fingerprint density at radius 3 is 2.41 bits per heavy atom. The van der Waals surface area contributed by atoms with E-state index in [0.29, 0.717) is 63.7 Å². The number of carbonyl (C=O) groups excluding carboxylic acids is 3. The Morgan fingerprint density at radius 2 is 1.72 bits per heavy atom. The first-order valence-electron chi connectivity index (χ1n) is 17.1. The predicted octanol–water partition coefficient (Wildman–Crippen LogP) is 4.77. The van der Waals surface area contributed by atoms with Crippen molar-refractivity contribution in [3.05, 3.63) is 60.3 Å². The van der Waals surface area contributed by atoms with Crippen LogP contribution in [-0.2, 0) is 25.5 Å². The molecule has 2 aromatic rings. The van der Waals surface area contributed by atoms with Gasteiger partial charge in [0.1, 0.15) is 6.04 Å². The first kappa shape index (κ1) is 35.9. The molecule has 1 saturated carbocycles. The van der Waals surface area contributed by atoms with E-state index < -0.39 is 24.1 Å². The van der Waals surface area contributed by atoms with Gasteiger partial charge in [0.25, 0.3) is 0 Å². The standard InChI is InChI=1S/C36H52N4O5S/c1-2-11-30(38-35(43)29(24-27-12-5-3-6-13-27)26-34(42)40-19-21-45-22-20-40)36(44)39-31(25-28-14-7-4-8-15-28)32(41)17-23-46-33-16-9-10-18-37-33/h3,5-6,9-10,12-13,16,18,28-32,41H,2,4,7-8,11,14-15,17,19-26H2,1H3,(H,38,43)(H,39,44)/t29?,30-,31-,32-/m0/s1. The third kappa shape index (κ3) is 12.0. The number of nitrogens with one attached hydrogen (secondary N) is 2. The fourth-order valence-corrected chi connectivity index (χ4v) is 7.33. The van der Waals surface area contributed by atoms with E-state index >= 15 is 0 Å². The van der Waals surface area contributed by atoms with E-state index in [4.69, 9.17) is 4.74 Å². The fourth-order valence-electron chi connectivity index (χ4n) is 6.45. The van der Waals surface area contributed by atoms with E-state index in [-0.39, 0.29) is 24.1 Å². The van der Waals surface area contributed by atoms with Crippen molar-refractivity contribution in [2.45, 2.75) is 101 Å². The molecule has 0 spiro atoms. The van der Waals surface area contributed by atoms with E-state index in [0.717, 1.165) is 29.9 Å². The summed E-state index contributed by atoms with van der Waals surface area (Å²) in [6.07, 6.45) is 9.73. The van der Waals surface area contributed by atoms with Crippen molar-refractivity contribution in [3.63, 3.8) is 0 Å². The SMILES string of the molecule is CCC[C@H](NC(=O)C(CC(=O)N1CCOCC1)Cc1ccccc1)C(=O)N[C@@H](CC1CCCCC1)[C@@H](O)CCSc1ccccn1. The van der Waals surface area contributed by atoms with Crippen molar-refractivity contribution < 1.29 is 24.2 Å². The zero-order valence-electron chi connectivity index (χ0n) is 27.3. The maximum Gasteiger partial charge on any atom is 0.242 e. The quantitative estimate of drug-likeness (QED) is 0.211. The maximum absolute atomic E-state index is 13.8. The molecule has 4 rings (SSSR count). The summed E-state index contributed by atoms with van der Waals surface area (Å²) in [6.45, 7) is 4.01. The van der Waals surface area contributed by atoms with Crippen molar-refractivity contribution in [1.29, 1.82) is 0 Å². The average Bonchev–Trinajstić information content (AvgIpc) is 3.09. The van der Waals surface area contributed by atoms with Crippen LogP contribution in [0.2, 0.25) is 0 Å². The fraction of sp³-hybridized carbons (Fsp3) is 0.611. The van der Waals surface area contributed by atoms with Crippen LogP contribution in [0, 0.1) is 11.8 Å². The minimum atomic E-state index is -0.752. The molecule has 1 aromatic carbocycles. The Bertz CT molecular complexity index is 1190. The van der Waals surface area contributed by atoms with Gasteiger partial charge in [-0.25, -0.2) is 4.98 Å². The number of thioether (sulfide) groups is 1. The van der Waals surface area contributed by atoms with Crippen LogP contribution in [0.5, 0.6) is 0 Å². The average molecular weight is 653 g/mol. The second-order valence-corrected chi connectivity index (χ2v) is 13.8. The number of benzene rings is 1. The lowest BCUT2D eigenvalue weighted by atomic mass is 9.83. The van der Waals surface area contributed by atoms with Crippen molar-refractivity contribution in [3.8, 4) is 0 Å². The summed E-state index contributed by atoms with van der Waals surface area (Å²) in [5.41, 5.74) is 0.966. The van der Waals surface area contributed by atoms with Crippen molar-refractivity contribution >= 4 is 29.5 Å². The van der Waals surface area contributed by atoms with E-state index in [1.165, 1.54) is 19.3 Å². The number of hydrogen-bond donors (Lipinski definition) is 3. The highest BCUT2D eigenvalue weighted by atomic mass is 32.2. The number of morpholine rings is 1. The number of nitrogens with zero attached hydrogens (tertiary/aromatic N) is 2. The summed E-state index contributed by atoms with van der Waals surface area (Å²) in [7, 11) is 0. The summed E-state index contributed by atoms with van der Waals surface area (Å²) >= 11 is 1.59. The van der Waals surface area contributed by atoms with E-state index in [9.17, 15) is 19.5 Å². The van der Waals surface area contributed by atoms with Gasteiger partial charge in [0, 0.05) is 31.5 Å². The molecule has 1 aliphatic carbocycles. The van der Waals surface area contributed by atoms with Gasteiger partial charge in [-0.05, 0) is 49.3 Å². The van der Waals surface area contributed by atoms with Gasteiger partial charge in [0.15, 0.2) is 0 Å². The van der Waals surface area contributed by atoms with Crippen LogP contribution in [0.25, 0.3) is 0 Å². The number of aliphatic hydroxyl groups excluding tert-OH is 1. The number of rotatable bonds is 17. The van der Waals surface area contributed by atoms with Gasteiger partial charge >= 0.3 is 0 Å². The van der Waals surface area contributed by atoms with E-state index in [1.807, 2.05) is 55.5 Å². The number of aliphatic hydroxyl groups is 1. The topological polar surface area (TPSA) is 121 Å². The molecule has 3 amide bonds. The number of amides is 3. The lowest BCUT2D eigenvalue weighted by Gasteiger charge is -2.32. The molecule has 2 fully saturated rings. The molecule has 2 heterocycles. The third-order valence-corrected chi connectivity index (χ3v) is 10.1. The molecule has 252 valence electrons. The first-order valence-corrected chi connectivity index (χ1v) is 18.1. The summed E-state index contributed by atoms with van der Waals surface area (Å²) in [5.74, 6) is -0.117. The highest BCUT2D eigenvalue weighted by Crippen LogP contribution is 2.29. The largest absolute Gasteiger partial charge is 0.391 e. The number of carbonyl (C=O) groups is 3. The summed E-state index contributed by atoms with van der Waals surface area (Å²) in [6, 6.07) is 14.3. The number of ether oxygens (including phenoxy) is 1. The van der Waals surface area contributed by atoms with Crippen LogP contribution in [0.1, 0.15) is 76.7 Å². The van der Waals surface area contributed by atoms with Gasteiger partial charge in [0.05, 0.1) is 36.3 Å². The van der Waals surface area contributed by atoms with Crippen LogP contribution in [0.3, 0.4) is 0 Å². The zero-order valence-corrected chi connectivity index (χ0v) is 28.1. The third-order valence-electron chi connectivity index (χ3n) is 9.10. The maximum atomic E-state index is 13.8. The summed E-state index contributed by atoms with van der Waals surface area (Å²) < 4.78 is 5.40. The van der Waals surface area contributed by atoms with Crippen LogP contribution in [-0.4, -0.2) is 83.0 Å². The van der Waals surface area contributed by atoms with Gasteiger partial charge in [-0.15, -0.1) is 11.8 Å². The lowest BCUT2D eigenvalue weighted by Crippen LogP contribution is -2.54. The summed E-state index contributed by atoms with van der Waals surface area (Å²) in [5, 5.41) is 18.4. The molecule has 46 heavy (non-hydrogen) atoms. The molecule has 10 heteroatoms. The smallest absolute Gasteiger partial charge is 0.242 e. The number of aromatic nitrogens is 1. The monoisotopic (exact) mass is 652 g/mol. The molecule has 1 aliphatic heterocycles. The second kappa shape index (κ2) is 19.7. The van der Waals surface area contributed by atoms with Crippen molar-refractivity contribution in [2.75, 3.05) is 32.1 Å². The number of pyridine rings is 1. The molecule has 3 N–H and O–H groups in total. The normalized spacial score (nSPS) is 18.3. The summed E-state index contributed by atoms with van der Waals surface area (Å²) in [4.78, 5) is 47.0. The Kier molecular flexibility index (Phi) is 15.3. The highest BCUT2D eigenvalue weighted by molar-refractivity contribution is 7.99. The molecule has 2 aliphatic rings. The molecular weight excluding hydrogens is 600 g/mol. The van der Waals surface area contributed by atoms with E-state index in [1.54, 1.807) is 22.9 Å². The minimum Gasteiger partial charge on any atom is -0.391 e. The van der Waals surface area contributed by atoms with Gasteiger partial charge in [-0.1, -0.05) is 81.8 Å². The molecule has 9 nitrogen and oxygen atoms in total. The Labute approximate surface area is 278 Å². The van der Waals surface area contributed by atoms with Crippen molar-refractivity contribution in [1.82, 2.24) is 20.5 Å². The molecule has 4 atom stereocenters. The molecule has 0 radical (unpaired) electrons. The zero-order chi connectivity index (χ0) is 32.6. The lowest BCUT2D eigenvalue weighted by molar-refractivity contribution is -0.140. The van der Waals surface area contributed by atoms with Gasteiger partial charge in [-0.2, -0.15) is 0 Å². The van der Waals surface area contributed by atoms with Crippen LogP contribution < -0.4 is 10.6 Å². The Balaban J connectivity index is 1.42. The van der Waals surface area contributed by atoms with Crippen LogP contribution >= 0.6 is 11.8 Å². The second-order valence-electron chi connectivity index (χ2n) is 12.7. The van der Waals surface area contributed by atoms with Gasteiger partial charge in [0.2, 0.25) is 17.7 Å². The van der Waals surface area contributed by atoms with Gasteiger partial charge in [-0.3, -0.25) is 14.4 Å². The van der Waals surface area contributed by atoms with Crippen LogP contribution in [0.4, 0.5) is 0 Å². The van der Waals surface area contributed by atoms with E-state index in [2.05, 4.69) is 15.6 Å². The predicted molar refractivity (Wildman–Crippen MR) is 181 cm³/mol. The highest BCUT2D eigenvalue weighted by Gasteiger charge is 2.32. The molecule has 1 saturated heterocycles. The minimum absolute atomic E-state index is 0.0676. The Morgan fingerprint density at radius 1 is 0.978 bits per heavy atom. The molecular formula is C36H52N4O5S. The number of hydrogen-bond acceptors (Lipinski definition) is 7. The van der Waals surface area contributed by atoms with Gasteiger partial charge < -0.3 is 25.4 Å². The van der Waals surface area contributed by atoms with Crippen LogP contribution in [0.15, 0.2) is 59.8 Å². The molecule has 1 unspecified atom stereocenters. The first-order chi connectivity index (χ1) is 22.4. The Hall–Kier alpha value is -2.95. The molecule has 0 bridgehead atoms.